The first-order chi connectivity index (χ1) is 15.0. The van der Waals surface area contributed by atoms with Crippen LogP contribution in [0.4, 0.5) is 17.1 Å². The van der Waals surface area contributed by atoms with E-state index in [0.29, 0.717) is 5.69 Å². The number of anilines is 3. The molecule has 0 bridgehead atoms. The van der Waals surface area contributed by atoms with Crippen molar-refractivity contribution in [2.75, 3.05) is 37.1 Å². The quantitative estimate of drug-likeness (QED) is 0.222. The highest BCUT2D eigenvalue weighted by Crippen LogP contribution is 2.21. The first-order valence-electron chi connectivity index (χ1n) is 10.3. The van der Waals surface area contributed by atoms with Gasteiger partial charge >= 0.3 is 0 Å². The van der Waals surface area contributed by atoms with E-state index < -0.39 is 10.1 Å². The number of aryl methyl sites for hydroxylation is 4. The van der Waals surface area contributed by atoms with Gasteiger partial charge in [-0.3, -0.25) is 4.55 Å². The molecule has 246 valence electrons. The smallest absolute Gasteiger partial charge is 0.296 e. The summed E-state index contributed by atoms with van der Waals surface area (Å²) in [5.74, 6) is 0. The molecule has 0 aliphatic rings. The number of hydrogen-bond donors (Lipinski definition) is 4. The van der Waals surface area contributed by atoms with Crippen molar-refractivity contribution in [1.82, 2.24) is 0 Å². The molecule has 3 rings (SSSR count). The van der Waals surface area contributed by atoms with Crippen LogP contribution in [0, 0.1) is 27.7 Å². The second-order valence-corrected chi connectivity index (χ2v) is 8.80. The Balaban J connectivity index is -0.0000000488. The highest BCUT2D eigenvalue weighted by Gasteiger charge is 2.14. The fraction of sp³-hybridized carbons (Fsp3) is 0.471. The van der Waals surface area contributed by atoms with Gasteiger partial charge in [0.15, 0.2) is 0 Å². The molecule has 7 heteroatoms. The monoisotopic (exact) mass is 602 g/mol. The number of hydrogen-bond acceptors (Lipinski definition) is 5. The maximum absolute atomic E-state index is 10.9. The molecule has 0 saturated heterocycles. The lowest BCUT2D eigenvalue weighted by molar-refractivity contribution is 0.483. The minimum atomic E-state index is -4.13. The molecule has 0 aliphatic carbocycles. The Morgan fingerprint density at radius 2 is 0.878 bits per heavy atom. The summed E-state index contributed by atoms with van der Waals surface area (Å²) in [5, 5.41) is 8.87. The van der Waals surface area contributed by atoms with Gasteiger partial charge in [0.2, 0.25) is 0 Å². The molecule has 3 aromatic carbocycles. The maximum atomic E-state index is 10.9. The van der Waals surface area contributed by atoms with Crippen LogP contribution in [-0.4, -0.2) is 34.1 Å². The fourth-order valence-corrected chi connectivity index (χ4v) is 3.65. The van der Waals surface area contributed by atoms with Crippen LogP contribution in [0.3, 0.4) is 0 Å². The van der Waals surface area contributed by atoms with Crippen molar-refractivity contribution in [1.29, 1.82) is 0 Å². The molecule has 3 aromatic rings. The average molecular weight is 602 g/mol. The summed E-state index contributed by atoms with van der Waals surface area (Å²) in [6, 6.07) is 19.5. The predicted molar refractivity (Wildman–Crippen MR) is 197 cm³/mol. The fourth-order valence-electron chi connectivity index (χ4n) is 2.86. The Hall–Kier alpha value is -3.03. The molecule has 0 unspecified atom stereocenters. The van der Waals surface area contributed by atoms with Gasteiger partial charge in [-0.05, 0) is 69.2 Å². The van der Waals surface area contributed by atoms with E-state index in [1.165, 1.54) is 34.1 Å². The van der Waals surface area contributed by atoms with Gasteiger partial charge in [-0.1, -0.05) is 108 Å². The molecule has 41 heavy (non-hydrogen) atoms. The molecule has 6 nitrogen and oxygen atoms in total. The van der Waals surface area contributed by atoms with Crippen molar-refractivity contribution in [2.45, 2.75) is 99.4 Å². The molecule has 0 radical (unpaired) electrons. The SMILES string of the molecule is C.C.C.C.C.C.C.C.C.CNc1ccc(C)cc1.CNc1ccc(C)cc1C.CNc1ccc(C)cc1S(=O)(=O)O. The topological polar surface area (TPSA) is 90.5 Å². The third kappa shape index (κ3) is 22.4. The van der Waals surface area contributed by atoms with Crippen molar-refractivity contribution in [3.63, 3.8) is 0 Å². The minimum Gasteiger partial charge on any atom is -0.388 e. The zero-order valence-corrected chi connectivity index (χ0v) is 20.8. The molecule has 0 atom stereocenters. The van der Waals surface area contributed by atoms with Gasteiger partial charge in [0.1, 0.15) is 4.90 Å². The highest BCUT2D eigenvalue weighted by molar-refractivity contribution is 7.86. The second kappa shape index (κ2) is 29.9. The van der Waals surface area contributed by atoms with Crippen molar-refractivity contribution in [3.8, 4) is 0 Å². The third-order valence-electron chi connectivity index (χ3n) is 4.68. The zero-order valence-electron chi connectivity index (χ0n) is 19.9. The van der Waals surface area contributed by atoms with E-state index in [1.807, 2.05) is 14.1 Å². The first-order valence-corrected chi connectivity index (χ1v) is 11.7. The molecule has 0 amide bonds. The van der Waals surface area contributed by atoms with E-state index in [1.54, 1.807) is 26.1 Å². The summed E-state index contributed by atoms with van der Waals surface area (Å²) >= 11 is 0. The molecule has 0 aliphatic heterocycles. The summed E-state index contributed by atoms with van der Waals surface area (Å²) in [4.78, 5) is -0.0880. The first kappa shape index (κ1) is 61.8. The van der Waals surface area contributed by atoms with Crippen LogP contribution in [-0.2, 0) is 10.1 Å². The van der Waals surface area contributed by atoms with Crippen molar-refractivity contribution < 1.29 is 13.0 Å². The highest BCUT2D eigenvalue weighted by atomic mass is 32.2. The Labute approximate surface area is 259 Å². The van der Waals surface area contributed by atoms with E-state index in [4.69, 9.17) is 4.55 Å². The van der Waals surface area contributed by atoms with Crippen LogP contribution in [0.25, 0.3) is 0 Å². The Bertz CT molecular complexity index is 1100. The predicted octanol–water partition coefficient (Wildman–Crippen LogP) is 11.4. The summed E-state index contributed by atoms with van der Waals surface area (Å²) in [6.07, 6.45) is 0. The summed E-state index contributed by atoms with van der Waals surface area (Å²) in [7, 11) is 1.33. The largest absolute Gasteiger partial charge is 0.388 e. The van der Waals surface area contributed by atoms with Crippen LogP contribution >= 0.6 is 0 Å². The maximum Gasteiger partial charge on any atom is 0.296 e. The van der Waals surface area contributed by atoms with E-state index in [-0.39, 0.29) is 71.7 Å². The minimum absolute atomic E-state index is 0. The van der Waals surface area contributed by atoms with Crippen LogP contribution in [0.15, 0.2) is 65.6 Å². The summed E-state index contributed by atoms with van der Waals surface area (Å²) in [6.45, 7) is 8.05. The average Bonchev–Trinajstić information content (AvgIpc) is 2.75. The third-order valence-corrected chi connectivity index (χ3v) is 5.57. The zero-order chi connectivity index (χ0) is 24.3. The molecular weight excluding hydrogens is 530 g/mol. The van der Waals surface area contributed by atoms with Crippen molar-refractivity contribution >= 4 is 27.2 Å². The van der Waals surface area contributed by atoms with Gasteiger partial charge < -0.3 is 16.0 Å². The molecular formula is C34H71N3O3S. The molecule has 0 aromatic heterocycles. The Morgan fingerprint density at radius 1 is 0.512 bits per heavy atom. The van der Waals surface area contributed by atoms with Crippen LogP contribution < -0.4 is 16.0 Å². The molecule has 4 N–H and O–H groups in total. The van der Waals surface area contributed by atoms with E-state index in [0.717, 1.165) is 5.56 Å². The van der Waals surface area contributed by atoms with Crippen molar-refractivity contribution in [3.05, 3.63) is 82.9 Å². The lowest BCUT2D eigenvalue weighted by Gasteiger charge is -2.06. The molecule has 0 heterocycles. The number of nitrogens with one attached hydrogen (secondary N) is 3. The lowest BCUT2D eigenvalue weighted by Crippen LogP contribution is -2.03. The summed E-state index contributed by atoms with van der Waals surface area (Å²) < 4.78 is 30.6. The van der Waals surface area contributed by atoms with Crippen molar-refractivity contribution in [2.24, 2.45) is 0 Å². The normalized spacial score (nSPS) is 7.90. The number of benzene rings is 3. The van der Waals surface area contributed by atoms with E-state index in [2.05, 4.69) is 79.2 Å². The van der Waals surface area contributed by atoms with E-state index >= 15 is 0 Å². The van der Waals surface area contributed by atoms with E-state index in [9.17, 15) is 8.42 Å². The Morgan fingerprint density at radius 3 is 1.22 bits per heavy atom. The molecule has 0 saturated carbocycles. The van der Waals surface area contributed by atoms with Crippen LogP contribution in [0.2, 0.25) is 0 Å². The van der Waals surface area contributed by atoms with Gasteiger partial charge in [-0.25, -0.2) is 0 Å². The van der Waals surface area contributed by atoms with Gasteiger partial charge in [0, 0.05) is 32.5 Å². The Kier molecular flexibility index (Phi) is 45.2. The number of rotatable bonds is 4. The van der Waals surface area contributed by atoms with Gasteiger partial charge in [0.05, 0.1) is 5.69 Å². The van der Waals surface area contributed by atoms with Crippen LogP contribution in [0.1, 0.15) is 89.1 Å². The van der Waals surface area contributed by atoms with Crippen LogP contribution in [0.5, 0.6) is 0 Å². The van der Waals surface area contributed by atoms with Gasteiger partial charge in [-0.15, -0.1) is 0 Å². The van der Waals surface area contributed by atoms with Gasteiger partial charge in [-0.2, -0.15) is 8.42 Å². The van der Waals surface area contributed by atoms with Gasteiger partial charge in [0.25, 0.3) is 10.1 Å². The standard InChI is InChI=1S/C9H13N.C8H11NO3S.C8H11N.9CH4/c1-7-4-5-9(10-3)8(2)6-7;1-6-3-4-7(9-2)8(5-6)13(10,11)12;1-7-3-5-8(9-2)6-4-7;;;;;;;;;/h4-6,10H,1-3H3;3-5,9H,1-2H3,(H,10,11,12);3-6,9H,1-2H3;9*1H4. The lowest BCUT2D eigenvalue weighted by atomic mass is 10.1. The molecule has 0 fully saturated rings. The summed E-state index contributed by atoms with van der Waals surface area (Å²) in [5.41, 5.74) is 7.49. The molecule has 0 spiro atoms. The second-order valence-electron chi connectivity index (χ2n) is 7.41.